The summed E-state index contributed by atoms with van der Waals surface area (Å²) in [5.74, 6) is -0.444. The van der Waals surface area contributed by atoms with E-state index in [-0.39, 0.29) is 11.8 Å². The van der Waals surface area contributed by atoms with Crippen LogP contribution in [0.3, 0.4) is 0 Å². The van der Waals surface area contributed by atoms with Gasteiger partial charge in [0, 0.05) is 27.5 Å². The molecule has 3 aromatic rings. The number of anilines is 2. The monoisotopic (exact) mass is 420 g/mol. The summed E-state index contributed by atoms with van der Waals surface area (Å²) < 4.78 is 0.919. The van der Waals surface area contributed by atoms with Crippen molar-refractivity contribution in [3.05, 3.63) is 101 Å². The molecule has 0 aliphatic rings. The van der Waals surface area contributed by atoms with Crippen LogP contribution in [0.5, 0.6) is 0 Å². The predicted octanol–water partition coefficient (Wildman–Crippen LogP) is 5.35. The molecule has 0 aromatic heterocycles. The van der Waals surface area contributed by atoms with Gasteiger partial charge in [-0.3, -0.25) is 9.59 Å². The fourth-order valence-corrected chi connectivity index (χ4v) is 2.81. The summed E-state index contributed by atoms with van der Waals surface area (Å²) in [5.41, 5.74) is 2.78. The van der Waals surface area contributed by atoms with Crippen molar-refractivity contribution < 1.29 is 9.59 Å². The van der Waals surface area contributed by atoms with Crippen molar-refractivity contribution in [3.63, 3.8) is 0 Å². The molecule has 0 aliphatic carbocycles. The number of benzene rings is 3. The summed E-state index contributed by atoms with van der Waals surface area (Å²) in [7, 11) is 0. The highest BCUT2D eigenvalue weighted by Gasteiger charge is 2.06. The van der Waals surface area contributed by atoms with Crippen molar-refractivity contribution in [2.45, 2.75) is 0 Å². The second kappa shape index (κ2) is 8.96. The molecule has 0 heterocycles. The SMILES string of the molecule is O=C(C=Cc1ccccc1Br)Nc1ccc(C(=O)Nc2ccccc2)cc1. The molecule has 4 nitrogen and oxygen atoms in total. The number of carbonyl (C=O) groups excluding carboxylic acids is 2. The third-order valence-corrected chi connectivity index (χ3v) is 4.49. The molecular weight excluding hydrogens is 404 g/mol. The average molecular weight is 421 g/mol. The van der Waals surface area contributed by atoms with Crippen LogP contribution in [0, 0.1) is 0 Å². The molecular formula is C22H17BrN2O2. The predicted molar refractivity (Wildman–Crippen MR) is 113 cm³/mol. The number of rotatable bonds is 5. The van der Waals surface area contributed by atoms with Gasteiger partial charge in [0.2, 0.25) is 5.91 Å². The molecule has 0 radical (unpaired) electrons. The van der Waals surface area contributed by atoms with Gasteiger partial charge in [-0.05, 0) is 54.1 Å². The quantitative estimate of drug-likeness (QED) is 0.546. The second-order valence-electron chi connectivity index (χ2n) is 5.74. The van der Waals surface area contributed by atoms with E-state index in [0.717, 1.165) is 15.7 Å². The third-order valence-electron chi connectivity index (χ3n) is 3.77. The number of para-hydroxylation sites is 1. The molecule has 0 spiro atoms. The average Bonchev–Trinajstić information content (AvgIpc) is 2.69. The van der Waals surface area contributed by atoms with Gasteiger partial charge in [-0.15, -0.1) is 0 Å². The Morgan fingerprint density at radius 1 is 0.741 bits per heavy atom. The molecule has 134 valence electrons. The Hall–Kier alpha value is -3.18. The topological polar surface area (TPSA) is 58.2 Å². The number of nitrogens with one attached hydrogen (secondary N) is 2. The fraction of sp³-hybridized carbons (Fsp3) is 0. The smallest absolute Gasteiger partial charge is 0.255 e. The van der Waals surface area contributed by atoms with Crippen molar-refractivity contribution in [1.29, 1.82) is 0 Å². The first-order valence-corrected chi connectivity index (χ1v) is 9.11. The Labute approximate surface area is 166 Å². The van der Waals surface area contributed by atoms with Crippen molar-refractivity contribution in [3.8, 4) is 0 Å². The highest BCUT2D eigenvalue weighted by Crippen LogP contribution is 2.17. The van der Waals surface area contributed by atoms with Gasteiger partial charge in [-0.1, -0.05) is 52.3 Å². The first-order chi connectivity index (χ1) is 13.1. The van der Waals surface area contributed by atoms with E-state index in [1.54, 1.807) is 30.3 Å². The Bertz CT molecular complexity index is 967. The molecule has 0 bridgehead atoms. The molecule has 27 heavy (non-hydrogen) atoms. The largest absolute Gasteiger partial charge is 0.323 e. The van der Waals surface area contributed by atoms with Crippen molar-refractivity contribution in [1.82, 2.24) is 0 Å². The first kappa shape index (κ1) is 18.6. The van der Waals surface area contributed by atoms with E-state index >= 15 is 0 Å². The lowest BCUT2D eigenvalue weighted by molar-refractivity contribution is -0.111. The van der Waals surface area contributed by atoms with Crippen LogP contribution < -0.4 is 10.6 Å². The van der Waals surface area contributed by atoms with E-state index in [4.69, 9.17) is 0 Å². The molecule has 0 saturated carbocycles. The van der Waals surface area contributed by atoms with E-state index in [1.807, 2.05) is 54.6 Å². The highest BCUT2D eigenvalue weighted by atomic mass is 79.9. The van der Waals surface area contributed by atoms with E-state index in [9.17, 15) is 9.59 Å². The summed E-state index contributed by atoms with van der Waals surface area (Å²) in [5, 5.41) is 5.60. The van der Waals surface area contributed by atoms with Gasteiger partial charge in [0.15, 0.2) is 0 Å². The Morgan fingerprint density at radius 2 is 1.37 bits per heavy atom. The standard InChI is InChI=1S/C22H17BrN2O2/c23-20-9-5-4-6-16(20)12-15-21(26)24-19-13-10-17(11-14-19)22(27)25-18-7-2-1-3-8-18/h1-15H,(H,24,26)(H,25,27). The molecule has 0 aliphatic heterocycles. The number of hydrogen-bond donors (Lipinski definition) is 2. The maximum atomic E-state index is 12.2. The lowest BCUT2D eigenvalue weighted by atomic mass is 10.2. The first-order valence-electron chi connectivity index (χ1n) is 8.32. The summed E-state index contributed by atoms with van der Waals surface area (Å²) in [6.45, 7) is 0. The van der Waals surface area contributed by atoms with Gasteiger partial charge >= 0.3 is 0 Å². The highest BCUT2D eigenvalue weighted by molar-refractivity contribution is 9.10. The van der Waals surface area contributed by atoms with Gasteiger partial charge in [-0.25, -0.2) is 0 Å². The van der Waals surface area contributed by atoms with Gasteiger partial charge < -0.3 is 10.6 Å². The Kier molecular flexibility index (Phi) is 6.18. The molecule has 3 rings (SSSR count). The van der Waals surface area contributed by atoms with Crippen LogP contribution in [0.15, 0.2) is 89.4 Å². The van der Waals surface area contributed by atoms with Crippen LogP contribution in [0.1, 0.15) is 15.9 Å². The van der Waals surface area contributed by atoms with Gasteiger partial charge in [0.05, 0.1) is 0 Å². The van der Waals surface area contributed by atoms with Crippen LogP contribution >= 0.6 is 15.9 Å². The zero-order valence-corrected chi connectivity index (χ0v) is 15.9. The summed E-state index contributed by atoms with van der Waals surface area (Å²) >= 11 is 3.44. The Balaban J connectivity index is 1.59. The Morgan fingerprint density at radius 3 is 2.07 bits per heavy atom. The molecule has 0 fully saturated rings. The lowest BCUT2D eigenvalue weighted by Gasteiger charge is -2.06. The fourth-order valence-electron chi connectivity index (χ4n) is 2.39. The second-order valence-corrected chi connectivity index (χ2v) is 6.60. The minimum Gasteiger partial charge on any atom is -0.323 e. The molecule has 3 aromatic carbocycles. The van der Waals surface area contributed by atoms with E-state index in [2.05, 4.69) is 26.6 Å². The van der Waals surface area contributed by atoms with Crippen LogP contribution in [-0.2, 0) is 4.79 Å². The lowest BCUT2D eigenvalue weighted by Crippen LogP contribution is -2.12. The maximum absolute atomic E-state index is 12.2. The maximum Gasteiger partial charge on any atom is 0.255 e. The van der Waals surface area contributed by atoms with Crippen molar-refractivity contribution in [2.24, 2.45) is 0 Å². The number of carbonyl (C=O) groups is 2. The number of amides is 2. The van der Waals surface area contributed by atoms with Crippen LogP contribution in [0.25, 0.3) is 6.08 Å². The summed E-state index contributed by atoms with van der Waals surface area (Å²) in [6, 6.07) is 23.6. The van der Waals surface area contributed by atoms with Gasteiger partial charge in [0.25, 0.3) is 5.91 Å². The van der Waals surface area contributed by atoms with Crippen LogP contribution in [0.4, 0.5) is 11.4 Å². The molecule has 0 unspecified atom stereocenters. The third kappa shape index (κ3) is 5.39. The van der Waals surface area contributed by atoms with Gasteiger partial charge in [0.1, 0.15) is 0 Å². The molecule has 5 heteroatoms. The normalized spacial score (nSPS) is 10.6. The van der Waals surface area contributed by atoms with Crippen molar-refractivity contribution in [2.75, 3.05) is 10.6 Å². The van der Waals surface area contributed by atoms with E-state index in [0.29, 0.717) is 11.3 Å². The van der Waals surface area contributed by atoms with E-state index < -0.39 is 0 Å². The molecule has 2 amide bonds. The minimum absolute atomic E-state index is 0.201. The zero-order valence-electron chi connectivity index (χ0n) is 14.4. The van der Waals surface area contributed by atoms with Crippen LogP contribution in [-0.4, -0.2) is 11.8 Å². The molecule has 0 saturated heterocycles. The van der Waals surface area contributed by atoms with Gasteiger partial charge in [-0.2, -0.15) is 0 Å². The zero-order chi connectivity index (χ0) is 19.1. The number of hydrogen-bond acceptors (Lipinski definition) is 2. The molecule has 0 atom stereocenters. The molecule has 2 N–H and O–H groups in total. The summed E-state index contributed by atoms with van der Waals surface area (Å²) in [6.07, 6.45) is 3.21. The minimum atomic E-state index is -0.243. The summed E-state index contributed by atoms with van der Waals surface area (Å²) in [4.78, 5) is 24.3. The van der Waals surface area contributed by atoms with E-state index in [1.165, 1.54) is 6.08 Å². The van der Waals surface area contributed by atoms with Crippen LogP contribution in [0.2, 0.25) is 0 Å². The number of halogens is 1. The van der Waals surface area contributed by atoms with Crippen molar-refractivity contribution >= 4 is 45.2 Å².